The first-order chi connectivity index (χ1) is 12.4. The maximum Gasteiger partial charge on any atom is 0.416 e. The number of rotatable bonds is 4. The maximum atomic E-state index is 12.7. The third-order valence-corrected chi connectivity index (χ3v) is 3.85. The molecule has 0 unspecified atom stereocenters. The van der Waals surface area contributed by atoms with E-state index in [9.17, 15) is 18.0 Å². The Hall–Kier alpha value is -3.08. The summed E-state index contributed by atoms with van der Waals surface area (Å²) in [5.41, 5.74) is 0.477. The van der Waals surface area contributed by atoms with Crippen LogP contribution in [0.1, 0.15) is 11.1 Å². The lowest BCUT2D eigenvalue weighted by molar-refractivity contribution is -0.137. The van der Waals surface area contributed by atoms with Gasteiger partial charge in [-0.15, -0.1) is 0 Å². The standard InChI is InChI=1S/C21H15F3O2/c22-21(23,24)17-12-10-16(11-13-17)18-8-4-5-9-19(20(18)25)26-14-15-6-2-1-3-7-15/h1-13H,14H2. The first kappa shape index (κ1) is 17.7. The van der Waals surface area contributed by atoms with Crippen LogP contribution in [0.3, 0.4) is 0 Å². The van der Waals surface area contributed by atoms with Crippen LogP contribution in [0.5, 0.6) is 5.75 Å². The molecule has 0 heterocycles. The van der Waals surface area contributed by atoms with E-state index in [2.05, 4.69) is 0 Å². The smallest absolute Gasteiger partial charge is 0.416 e. The molecule has 0 amide bonds. The molecule has 0 N–H and O–H groups in total. The quantitative estimate of drug-likeness (QED) is 0.633. The summed E-state index contributed by atoms with van der Waals surface area (Å²) in [5, 5.41) is 0. The van der Waals surface area contributed by atoms with Gasteiger partial charge in [0.25, 0.3) is 0 Å². The zero-order valence-electron chi connectivity index (χ0n) is 13.7. The van der Waals surface area contributed by atoms with Gasteiger partial charge in [-0.25, -0.2) is 0 Å². The lowest BCUT2D eigenvalue weighted by atomic mass is 10.0. The van der Waals surface area contributed by atoms with E-state index < -0.39 is 11.7 Å². The van der Waals surface area contributed by atoms with Gasteiger partial charge in [0.15, 0.2) is 5.75 Å². The summed E-state index contributed by atoms with van der Waals surface area (Å²) < 4.78 is 43.7. The molecular formula is C21H15F3O2. The third kappa shape index (κ3) is 4.11. The van der Waals surface area contributed by atoms with Crippen LogP contribution in [-0.4, -0.2) is 0 Å². The summed E-state index contributed by atoms with van der Waals surface area (Å²) in [4.78, 5) is 12.7. The molecule has 0 aromatic heterocycles. The molecule has 0 aliphatic carbocycles. The summed E-state index contributed by atoms with van der Waals surface area (Å²) in [6.45, 7) is 0.229. The van der Waals surface area contributed by atoms with Crippen molar-refractivity contribution >= 4 is 0 Å². The molecule has 5 heteroatoms. The molecule has 0 saturated carbocycles. The molecule has 0 fully saturated rings. The summed E-state index contributed by atoms with van der Waals surface area (Å²) in [6, 6.07) is 20.3. The van der Waals surface area contributed by atoms with Gasteiger partial charge in [-0.3, -0.25) is 4.79 Å². The number of ether oxygens (including phenoxy) is 1. The molecule has 2 nitrogen and oxygen atoms in total. The Labute approximate surface area is 148 Å². The minimum atomic E-state index is -4.41. The third-order valence-electron chi connectivity index (χ3n) is 3.85. The molecule has 0 spiro atoms. The first-order valence-electron chi connectivity index (χ1n) is 7.93. The van der Waals surface area contributed by atoms with E-state index in [0.717, 1.165) is 17.7 Å². The molecule has 0 atom stereocenters. The highest BCUT2D eigenvalue weighted by Gasteiger charge is 2.30. The zero-order chi connectivity index (χ0) is 18.6. The van der Waals surface area contributed by atoms with Crippen molar-refractivity contribution in [1.29, 1.82) is 0 Å². The average Bonchev–Trinajstić information content (AvgIpc) is 2.82. The number of halogens is 3. The van der Waals surface area contributed by atoms with Crippen molar-refractivity contribution in [3.63, 3.8) is 0 Å². The van der Waals surface area contributed by atoms with Gasteiger partial charge < -0.3 is 4.74 Å². The molecule has 26 heavy (non-hydrogen) atoms. The number of benzene rings is 2. The fourth-order valence-corrected chi connectivity index (χ4v) is 2.49. The minimum Gasteiger partial charge on any atom is -0.485 e. The van der Waals surface area contributed by atoms with Crippen molar-refractivity contribution in [1.82, 2.24) is 0 Å². The van der Waals surface area contributed by atoms with Crippen molar-refractivity contribution in [3.05, 3.63) is 100 Å². The van der Waals surface area contributed by atoms with Crippen LogP contribution in [0.2, 0.25) is 0 Å². The summed E-state index contributed by atoms with van der Waals surface area (Å²) in [5.74, 6) is 0.147. The van der Waals surface area contributed by atoms with Gasteiger partial charge in [-0.2, -0.15) is 13.2 Å². The van der Waals surface area contributed by atoms with E-state index in [1.54, 1.807) is 24.3 Å². The normalized spacial score (nSPS) is 11.2. The monoisotopic (exact) mass is 356 g/mol. The van der Waals surface area contributed by atoms with Crippen molar-refractivity contribution in [3.8, 4) is 16.9 Å². The van der Waals surface area contributed by atoms with Crippen LogP contribution in [0.25, 0.3) is 11.1 Å². The zero-order valence-corrected chi connectivity index (χ0v) is 13.7. The molecule has 0 radical (unpaired) electrons. The highest BCUT2D eigenvalue weighted by Crippen LogP contribution is 2.30. The Morgan fingerprint density at radius 1 is 0.769 bits per heavy atom. The van der Waals surface area contributed by atoms with Crippen LogP contribution in [-0.2, 0) is 12.8 Å². The van der Waals surface area contributed by atoms with Gasteiger partial charge in [0.1, 0.15) is 6.61 Å². The largest absolute Gasteiger partial charge is 0.485 e. The average molecular weight is 356 g/mol. The van der Waals surface area contributed by atoms with Gasteiger partial charge in [0, 0.05) is 5.56 Å². The fourth-order valence-electron chi connectivity index (χ4n) is 2.49. The van der Waals surface area contributed by atoms with E-state index >= 15 is 0 Å². The molecule has 3 aromatic rings. The SMILES string of the molecule is O=c1c(OCc2ccccc2)ccccc1-c1ccc(C(F)(F)F)cc1. The van der Waals surface area contributed by atoms with E-state index in [1.165, 1.54) is 12.1 Å². The predicted octanol–water partition coefficient (Wildman–Crippen LogP) is 5.31. The Kier molecular flexibility index (Phi) is 5.07. The summed E-state index contributed by atoms with van der Waals surface area (Å²) in [7, 11) is 0. The second kappa shape index (κ2) is 7.44. The van der Waals surface area contributed by atoms with Crippen LogP contribution in [0.15, 0.2) is 83.7 Å². The summed E-state index contributed by atoms with van der Waals surface area (Å²) >= 11 is 0. The minimum absolute atomic E-state index is 0.147. The lowest BCUT2D eigenvalue weighted by Crippen LogP contribution is -2.08. The predicted molar refractivity (Wildman–Crippen MR) is 93.9 cm³/mol. The topological polar surface area (TPSA) is 26.3 Å². The van der Waals surface area contributed by atoms with Crippen molar-refractivity contribution < 1.29 is 17.9 Å². The van der Waals surface area contributed by atoms with Crippen LogP contribution in [0, 0.1) is 0 Å². The molecule has 0 aliphatic rings. The van der Waals surface area contributed by atoms with Crippen molar-refractivity contribution in [2.75, 3.05) is 0 Å². The summed E-state index contributed by atoms with van der Waals surface area (Å²) in [6.07, 6.45) is -4.41. The van der Waals surface area contributed by atoms with Crippen LogP contribution < -0.4 is 10.2 Å². The molecule has 3 rings (SSSR count). The molecule has 132 valence electrons. The van der Waals surface area contributed by atoms with E-state index in [1.807, 2.05) is 30.3 Å². The highest BCUT2D eigenvalue weighted by molar-refractivity contribution is 5.64. The van der Waals surface area contributed by atoms with E-state index in [-0.39, 0.29) is 23.3 Å². The Balaban J connectivity index is 1.91. The first-order valence-corrected chi connectivity index (χ1v) is 7.93. The van der Waals surface area contributed by atoms with Gasteiger partial charge in [-0.1, -0.05) is 60.7 Å². The fraction of sp³-hybridized carbons (Fsp3) is 0.0952. The Morgan fingerprint density at radius 3 is 2.04 bits per heavy atom. The van der Waals surface area contributed by atoms with Crippen LogP contribution in [0.4, 0.5) is 13.2 Å². The molecule has 0 aliphatic heterocycles. The second-order valence-corrected chi connectivity index (χ2v) is 5.67. The van der Waals surface area contributed by atoms with Crippen molar-refractivity contribution in [2.24, 2.45) is 0 Å². The van der Waals surface area contributed by atoms with Gasteiger partial charge in [0.05, 0.1) is 5.56 Å². The second-order valence-electron chi connectivity index (χ2n) is 5.67. The highest BCUT2D eigenvalue weighted by atomic mass is 19.4. The number of hydrogen-bond acceptors (Lipinski definition) is 2. The lowest BCUT2D eigenvalue weighted by Gasteiger charge is -2.08. The number of alkyl halides is 3. The molecule has 3 aromatic carbocycles. The van der Waals surface area contributed by atoms with Crippen molar-refractivity contribution in [2.45, 2.75) is 12.8 Å². The Bertz CT molecular complexity index is 934. The maximum absolute atomic E-state index is 12.7. The number of hydrogen-bond donors (Lipinski definition) is 0. The van der Waals surface area contributed by atoms with Gasteiger partial charge in [0.2, 0.25) is 5.43 Å². The van der Waals surface area contributed by atoms with E-state index in [0.29, 0.717) is 5.56 Å². The molecule has 0 bridgehead atoms. The molecular weight excluding hydrogens is 341 g/mol. The van der Waals surface area contributed by atoms with E-state index in [4.69, 9.17) is 4.74 Å². The Morgan fingerprint density at radius 2 is 1.38 bits per heavy atom. The molecule has 0 saturated heterocycles. The van der Waals surface area contributed by atoms with Gasteiger partial charge >= 0.3 is 6.18 Å². The van der Waals surface area contributed by atoms with Gasteiger partial charge in [-0.05, 0) is 29.3 Å². The van der Waals surface area contributed by atoms with Crippen LogP contribution >= 0.6 is 0 Å².